The molecule has 2 aliphatic rings. The summed E-state index contributed by atoms with van der Waals surface area (Å²) in [6.45, 7) is 4.32. The van der Waals surface area contributed by atoms with Crippen LogP contribution in [-0.4, -0.2) is 49.4 Å². The quantitative estimate of drug-likeness (QED) is 0.569. The van der Waals surface area contributed by atoms with Crippen LogP contribution in [0, 0.1) is 0 Å². The third kappa shape index (κ3) is 1.74. The molecular weight excluding hydrogens is 178 g/mol. The van der Waals surface area contributed by atoms with Crippen molar-refractivity contribution in [3.05, 3.63) is 0 Å². The van der Waals surface area contributed by atoms with Gasteiger partial charge in [0.2, 0.25) is 0 Å². The molecule has 0 bridgehead atoms. The molecule has 0 radical (unpaired) electrons. The topological polar surface area (TPSA) is 21.7 Å². The van der Waals surface area contributed by atoms with Gasteiger partial charge in [-0.15, -0.1) is 11.6 Å². The van der Waals surface area contributed by atoms with E-state index in [-0.39, 0.29) is 11.6 Å². The highest BCUT2D eigenvalue weighted by Crippen LogP contribution is 2.22. The lowest BCUT2D eigenvalue weighted by molar-refractivity contribution is -0.0679. The normalized spacial score (nSPS) is 38.8. The molecule has 12 heavy (non-hydrogen) atoms. The van der Waals surface area contributed by atoms with Crippen LogP contribution in [0.5, 0.6) is 0 Å². The lowest BCUT2D eigenvalue weighted by Gasteiger charge is -2.32. The second-order valence-corrected chi connectivity index (χ2v) is 3.77. The standard InChI is InChI=1S/C8H14ClNO2/c9-7-1-4-12-8(7)10-2-5-11-6-3-10/h7-8H,1-6H2. The Labute approximate surface area is 77.6 Å². The summed E-state index contributed by atoms with van der Waals surface area (Å²) in [4.78, 5) is 2.27. The van der Waals surface area contributed by atoms with Gasteiger partial charge in [-0.1, -0.05) is 0 Å². The highest BCUT2D eigenvalue weighted by molar-refractivity contribution is 6.21. The van der Waals surface area contributed by atoms with Gasteiger partial charge in [0.1, 0.15) is 6.23 Å². The zero-order valence-corrected chi connectivity index (χ0v) is 7.79. The third-order valence-corrected chi connectivity index (χ3v) is 2.83. The van der Waals surface area contributed by atoms with Crippen molar-refractivity contribution in [2.24, 2.45) is 0 Å². The number of alkyl halides is 1. The van der Waals surface area contributed by atoms with E-state index in [0.29, 0.717) is 0 Å². The molecule has 0 aromatic carbocycles. The molecule has 2 aliphatic heterocycles. The van der Waals surface area contributed by atoms with Gasteiger partial charge in [0.25, 0.3) is 0 Å². The van der Waals surface area contributed by atoms with E-state index in [1.165, 1.54) is 0 Å². The molecule has 0 aromatic rings. The number of halogens is 1. The van der Waals surface area contributed by atoms with Crippen LogP contribution in [-0.2, 0) is 9.47 Å². The van der Waals surface area contributed by atoms with E-state index in [1.807, 2.05) is 0 Å². The Hall–Kier alpha value is 0.170. The second-order valence-electron chi connectivity index (χ2n) is 3.21. The minimum atomic E-state index is 0.135. The van der Waals surface area contributed by atoms with E-state index in [2.05, 4.69) is 4.90 Å². The molecule has 2 fully saturated rings. The van der Waals surface area contributed by atoms with Crippen LogP contribution in [0.25, 0.3) is 0 Å². The molecule has 0 saturated carbocycles. The first-order valence-corrected chi connectivity index (χ1v) is 4.89. The molecule has 4 heteroatoms. The molecule has 0 amide bonds. The molecular formula is C8H14ClNO2. The van der Waals surface area contributed by atoms with Gasteiger partial charge in [0.15, 0.2) is 0 Å². The molecule has 2 saturated heterocycles. The summed E-state index contributed by atoms with van der Waals surface area (Å²) in [6, 6.07) is 0. The third-order valence-electron chi connectivity index (χ3n) is 2.40. The summed E-state index contributed by atoms with van der Waals surface area (Å²) in [5.74, 6) is 0. The van der Waals surface area contributed by atoms with Crippen LogP contribution < -0.4 is 0 Å². The van der Waals surface area contributed by atoms with Gasteiger partial charge in [0.05, 0.1) is 25.2 Å². The summed E-state index contributed by atoms with van der Waals surface area (Å²) in [5, 5.41) is 0.170. The van der Waals surface area contributed by atoms with Crippen LogP contribution in [0.1, 0.15) is 6.42 Å². The minimum Gasteiger partial charge on any atom is -0.379 e. The SMILES string of the molecule is ClC1CCOC1N1CCOCC1. The number of rotatable bonds is 1. The Kier molecular flexibility index (Phi) is 2.86. The average Bonchev–Trinajstić information content (AvgIpc) is 2.53. The fraction of sp³-hybridized carbons (Fsp3) is 1.00. The van der Waals surface area contributed by atoms with E-state index < -0.39 is 0 Å². The van der Waals surface area contributed by atoms with Crippen LogP contribution in [0.3, 0.4) is 0 Å². The van der Waals surface area contributed by atoms with Crippen molar-refractivity contribution in [2.75, 3.05) is 32.9 Å². The lowest BCUT2D eigenvalue weighted by atomic mass is 10.3. The molecule has 70 valence electrons. The number of hydrogen-bond acceptors (Lipinski definition) is 3. The van der Waals surface area contributed by atoms with Crippen LogP contribution in [0.15, 0.2) is 0 Å². The van der Waals surface area contributed by atoms with Gasteiger partial charge in [-0.05, 0) is 6.42 Å². The average molecular weight is 192 g/mol. The number of morpholine rings is 1. The summed E-state index contributed by atoms with van der Waals surface area (Å²) in [6.07, 6.45) is 1.11. The maximum absolute atomic E-state index is 6.10. The molecule has 2 unspecified atom stereocenters. The summed E-state index contributed by atoms with van der Waals surface area (Å²) >= 11 is 6.10. The number of ether oxygens (including phenoxy) is 2. The van der Waals surface area contributed by atoms with Gasteiger partial charge < -0.3 is 9.47 Å². The molecule has 0 spiro atoms. The lowest BCUT2D eigenvalue weighted by Crippen LogP contribution is -2.46. The molecule has 3 nitrogen and oxygen atoms in total. The smallest absolute Gasteiger partial charge is 0.127 e. The van der Waals surface area contributed by atoms with Crippen LogP contribution >= 0.6 is 11.6 Å². The van der Waals surface area contributed by atoms with Crippen LogP contribution in [0.4, 0.5) is 0 Å². The predicted octanol–water partition coefficient (Wildman–Crippen LogP) is 0.672. The summed E-state index contributed by atoms with van der Waals surface area (Å²) in [7, 11) is 0. The Bertz CT molecular complexity index is 150. The summed E-state index contributed by atoms with van der Waals surface area (Å²) < 4.78 is 10.8. The molecule has 2 rings (SSSR count). The zero-order chi connectivity index (χ0) is 8.39. The van der Waals surface area contributed by atoms with E-state index in [1.54, 1.807) is 0 Å². The van der Waals surface area contributed by atoms with Crippen molar-refractivity contribution in [2.45, 2.75) is 18.0 Å². The van der Waals surface area contributed by atoms with E-state index in [0.717, 1.165) is 39.3 Å². The number of hydrogen-bond donors (Lipinski definition) is 0. The Morgan fingerprint density at radius 2 is 1.92 bits per heavy atom. The van der Waals surface area contributed by atoms with Crippen molar-refractivity contribution in [1.82, 2.24) is 4.90 Å². The first kappa shape index (κ1) is 8.75. The van der Waals surface area contributed by atoms with E-state index >= 15 is 0 Å². The van der Waals surface area contributed by atoms with Crippen LogP contribution in [0.2, 0.25) is 0 Å². The van der Waals surface area contributed by atoms with Crippen molar-refractivity contribution in [1.29, 1.82) is 0 Å². The molecule has 0 N–H and O–H groups in total. The minimum absolute atomic E-state index is 0.135. The molecule has 0 aromatic heterocycles. The van der Waals surface area contributed by atoms with Gasteiger partial charge in [0, 0.05) is 13.1 Å². The fourth-order valence-electron chi connectivity index (χ4n) is 1.71. The Morgan fingerprint density at radius 1 is 1.17 bits per heavy atom. The van der Waals surface area contributed by atoms with Crippen molar-refractivity contribution in [3.63, 3.8) is 0 Å². The number of nitrogens with zero attached hydrogens (tertiary/aromatic N) is 1. The maximum atomic E-state index is 6.10. The van der Waals surface area contributed by atoms with E-state index in [9.17, 15) is 0 Å². The highest BCUT2D eigenvalue weighted by Gasteiger charge is 2.32. The predicted molar refractivity (Wildman–Crippen MR) is 46.4 cm³/mol. The van der Waals surface area contributed by atoms with Crippen molar-refractivity contribution in [3.8, 4) is 0 Å². The Morgan fingerprint density at radius 3 is 2.50 bits per heavy atom. The zero-order valence-electron chi connectivity index (χ0n) is 7.04. The molecule has 2 atom stereocenters. The monoisotopic (exact) mass is 191 g/mol. The maximum Gasteiger partial charge on any atom is 0.127 e. The van der Waals surface area contributed by atoms with E-state index in [4.69, 9.17) is 21.1 Å². The second kappa shape index (κ2) is 3.92. The van der Waals surface area contributed by atoms with Gasteiger partial charge in [-0.2, -0.15) is 0 Å². The fourth-order valence-corrected chi connectivity index (χ4v) is 2.04. The van der Waals surface area contributed by atoms with Gasteiger partial charge in [-0.3, -0.25) is 4.90 Å². The van der Waals surface area contributed by atoms with Crippen molar-refractivity contribution < 1.29 is 9.47 Å². The molecule has 2 heterocycles. The summed E-state index contributed by atoms with van der Waals surface area (Å²) in [5.41, 5.74) is 0. The largest absolute Gasteiger partial charge is 0.379 e. The van der Waals surface area contributed by atoms with Gasteiger partial charge in [-0.25, -0.2) is 0 Å². The first-order chi connectivity index (χ1) is 5.88. The first-order valence-electron chi connectivity index (χ1n) is 4.45. The molecule has 0 aliphatic carbocycles. The highest BCUT2D eigenvalue weighted by atomic mass is 35.5. The van der Waals surface area contributed by atoms with Gasteiger partial charge >= 0.3 is 0 Å². The van der Waals surface area contributed by atoms with Crippen molar-refractivity contribution >= 4 is 11.6 Å². The Balaban J connectivity index is 1.89.